The number of rotatable bonds is 6. The third-order valence-corrected chi connectivity index (χ3v) is 4.81. The van der Waals surface area contributed by atoms with Gasteiger partial charge in [0, 0.05) is 12.6 Å². The van der Waals surface area contributed by atoms with E-state index in [0.29, 0.717) is 21.9 Å². The van der Waals surface area contributed by atoms with Crippen molar-refractivity contribution >= 4 is 34.8 Å². The van der Waals surface area contributed by atoms with Crippen molar-refractivity contribution in [1.82, 2.24) is 4.98 Å². The molecule has 1 aliphatic rings. The van der Waals surface area contributed by atoms with E-state index in [2.05, 4.69) is 29.5 Å². The third kappa shape index (κ3) is 4.65. The van der Waals surface area contributed by atoms with E-state index in [0.717, 1.165) is 24.7 Å². The third-order valence-electron chi connectivity index (χ3n) is 4.24. The first-order valence-electron chi connectivity index (χ1n) is 8.00. The minimum atomic E-state index is 0.470. The lowest BCUT2D eigenvalue weighted by atomic mass is 9.84. The Morgan fingerprint density at radius 2 is 1.76 bits per heavy atom. The predicted octanol–water partition coefficient (Wildman–Crippen LogP) is 5.59. The molecule has 2 rings (SSSR count). The van der Waals surface area contributed by atoms with Crippen molar-refractivity contribution in [3.8, 4) is 0 Å². The topological polar surface area (TPSA) is 37.0 Å². The highest BCUT2D eigenvalue weighted by molar-refractivity contribution is 6.37. The number of hydrogen-bond acceptors (Lipinski definition) is 3. The van der Waals surface area contributed by atoms with Crippen LogP contribution in [-0.4, -0.2) is 17.6 Å². The fourth-order valence-electron chi connectivity index (χ4n) is 2.84. The van der Waals surface area contributed by atoms with Gasteiger partial charge < -0.3 is 10.6 Å². The van der Waals surface area contributed by atoms with Gasteiger partial charge in [0.25, 0.3) is 0 Å². The van der Waals surface area contributed by atoms with Crippen LogP contribution in [0.15, 0.2) is 6.07 Å². The van der Waals surface area contributed by atoms with E-state index in [-0.39, 0.29) is 0 Å². The van der Waals surface area contributed by atoms with Crippen LogP contribution in [0.25, 0.3) is 0 Å². The summed E-state index contributed by atoms with van der Waals surface area (Å²) in [6.07, 6.45) is 7.29. The molecule has 0 amide bonds. The normalized spacial score (nSPS) is 22.1. The Bertz CT molecular complexity index is 457. The average molecular weight is 330 g/mol. The lowest BCUT2D eigenvalue weighted by molar-refractivity contribution is 0.330. The molecular weight excluding hydrogens is 305 g/mol. The van der Waals surface area contributed by atoms with E-state index in [9.17, 15) is 0 Å². The molecule has 1 aliphatic carbocycles. The van der Waals surface area contributed by atoms with Gasteiger partial charge in [-0.2, -0.15) is 0 Å². The lowest BCUT2D eigenvalue weighted by Gasteiger charge is -2.29. The number of nitrogens with one attached hydrogen (secondary N) is 2. The van der Waals surface area contributed by atoms with Crippen LogP contribution in [0.2, 0.25) is 10.0 Å². The van der Waals surface area contributed by atoms with Crippen molar-refractivity contribution < 1.29 is 0 Å². The molecule has 1 heterocycles. The van der Waals surface area contributed by atoms with Gasteiger partial charge in [-0.1, -0.05) is 43.5 Å². The first-order valence-corrected chi connectivity index (χ1v) is 8.76. The van der Waals surface area contributed by atoms with Gasteiger partial charge >= 0.3 is 0 Å². The molecule has 0 atom stereocenters. The second-order valence-electron chi connectivity index (χ2n) is 5.85. The molecule has 1 aromatic rings. The number of nitrogens with zero attached hydrogens (tertiary/aromatic N) is 1. The summed E-state index contributed by atoms with van der Waals surface area (Å²) in [4.78, 5) is 4.56. The number of pyridine rings is 1. The molecule has 1 aromatic heterocycles. The summed E-state index contributed by atoms with van der Waals surface area (Å²) in [5.41, 5.74) is 0. The standard InChI is InChI=1S/C16H25Cl2N3/c1-3-9-19-15-13(17)10-14(18)16(21-15)20-12-7-5-11(4-2)6-8-12/h10-12H,3-9H2,1-2H3,(H2,19,20,21). The summed E-state index contributed by atoms with van der Waals surface area (Å²) >= 11 is 12.5. The molecule has 118 valence electrons. The summed E-state index contributed by atoms with van der Waals surface area (Å²) in [6, 6.07) is 2.24. The Balaban J connectivity index is 2.02. The molecule has 0 unspecified atom stereocenters. The summed E-state index contributed by atoms with van der Waals surface area (Å²) in [6.45, 7) is 5.25. The zero-order valence-electron chi connectivity index (χ0n) is 12.9. The van der Waals surface area contributed by atoms with E-state index in [4.69, 9.17) is 23.2 Å². The second-order valence-corrected chi connectivity index (χ2v) is 6.66. The van der Waals surface area contributed by atoms with Crippen LogP contribution in [0.3, 0.4) is 0 Å². The molecule has 0 spiro atoms. The maximum atomic E-state index is 6.27. The SMILES string of the molecule is CCCNc1nc(NC2CCC(CC)CC2)c(Cl)cc1Cl. The molecule has 0 radical (unpaired) electrons. The van der Waals surface area contributed by atoms with Gasteiger partial charge in [-0.05, 0) is 44.1 Å². The van der Waals surface area contributed by atoms with Gasteiger partial charge in [-0.3, -0.25) is 0 Å². The Morgan fingerprint density at radius 1 is 1.10 bits per heavy atom. The highest BCUT2D eigenvalue weighted by atomic mass is 35.5. The Labute approximate surface area is 137 Å². The maximum Gasteiger partial charge on any atom is 0.147 e. The second kappa shape index (κ2) is 8.09. The van der Waals surface area contributed by atoms with Crippen LogP contribution in [0.5, 0.6) is 0 Å². The van der Waals surface area contributed by atoms with Gasteiger partial charge in [-0.25, -0.2) is 4.98 Å². The molecule has 0 aliphatic heterocycles. The molecule has 21 heavy (non-hydrogen) atoms. The van der Waals surface area contributed by atoms with Gasteiger partial charge in [0.2, 0.25) is 0 Å². The Hall–Kier alpha value is -0.670. The minimum Gasteiger partial charge on any atom is -0.369 e. The zero-order chi connectivity index (χ0) is 15.2. The fourth-order valence-corrected chi connectivity index (χ4v) is 3.32. The molecule has 0 saturated heterocycles. The largest absolute Gasteiger partial charge is 0.369 e. The molecule has 5 heteroatoms. The highest BCUT2D eigenvalue weighted by Gasteiger charge is 2.21. The van der Waals surface area contributed by atoms with Crippen molar-refractivity contribution in [1.29, 1.82) is 0 Å². The van der Waals surface area contributed by atoms with E-state index < -0.39 is 0 Å². The van der Waals surface area contributed by atoms with Crippen LogP contribution in [0, 0.1) is 5.92 Å². The van der Waals surface area contributed by atoms with Crippen LogP contribution in [0.1, 0.15) is 52.4 Å². The van der Waals surface area contributed by atoms with Crippen LogP contribution in [0.4, 0.5) is 11.6 Å². The number of hydrogen-bond donors (Lipinski definition) is 2. The molecule has 3 nitrogen and oxygen atoms in total. The van der Waals surface area contributed by atoms with Crippen molar-refractivity contribution in [2.75, 3.05) is 17.2 Å². The quantitative estimate of drug-likeness (QED) is 0.714. The summed E-state index contributed by atoms with van der Waals surface area (Å²) < 4.78 is 0. The van der Waals surface area contributed by atoms with E-state index in [1.165, 1.54) is 32.1 Å². The molecule has 1 saturated carbocycles. The van der Waals surface area contributed by atoms with E-state index in [1.54, 1.807) is 6.07 Å². The van der Waals surface area contributed by atoms with Gasteiger partial charge in [-0.15, -0.1) is 0 Å². The van der Waals surface area contributed by atoms with Crippen molar-refractivity contribution in [3.63, 3.8) is 0 Å². The van der Waals surface area contributed by atoms with Crippen molar-refractivity contribution in [2.24, 2.45) is 5.92 Å². The van der Waals surface area contributed by atoms with Crippen LogP contribution in [-0.2, 0) is 0 Å². The Morgan fingerprint density at radius 3 is 2.38 bits per heavy atom. The smallest absolute Gasteiger partial charge is 0.147 e. The molecule has 1 fully saturated rings. The van der Waals surface area contributed by atoms with E-state index >= 15 is 0 Å². The molecular formula is C16H25Cl2N3. The summed E-state index contributed by atoms with van der Waals surface area (Å²) in [5, 5.41) is 7.91. The van der Waals surface area contributed by atoms with E-state index in [1.807, 2.05) is 0 Å². The summed E-state index contributed by atoms with van der Waals surface area (Å²) in [7, 11) is 0. The lowest BCUT2D eigenvalue weighted by Crippen LogP contribution is -2.26. The number of aromatic nitrogens is 1. The minimum absolute atomic E-state index is 0.470. The highest BCUT2D eigenvalue weighted by Crippen LogP contribution is 2.33. The maximum absolute atomic E-state index is 6.27. The van der Waals surface area contributed by atoms with Gasteiger partial charge in [0.05, 0.1) is 10.0 Å². The van der Waals surface area contributed by atoms with Crippen molar-refractivity contribution in [3.05, 3.63) is 16.1 Å². The van der Waals surface area contributed by atoms with Gasteiger partial charge in [0.1, 0.15) is 11.6 Å². The van der Waals surface area contributed by atoms with Crippen LogP contribution < -0.4 is 10.6 Å². The average Bonchev–Trinajstić information content (AvgIpc) is 2.49. The molecule has 2 N–H and O–H groups in total. The predicted molar refractivity (Wildman–Crippen MR) is 92.7 cm³/mol. The number of anilines is 2. The first-order chi connectivity index (χ1) is 10.1. The fraction of sp³-hybridized carbons (Fsp3) is 0.688. The molecule has 0 bridgehead atoms. The number of halogens is 2. The monoisotopic (exact) mass is 329 g/mol. The summed E-state index contributed by atoms with van der Waals surface area (Å²) in [5.74, 6) is 2.35. The Kier molecular flexibility index (Phi) is 6.43. The zero-order valence-corrected chi connectivity index (χ0v) is 14.4. The van der Waals surface area contributed by atoms with Gasteiger partial charge in [0.15, 0.2) is 0 Å². The van der Waals surface area contributed by atoms with Crippen molar-refractivity contribution in [2.45, 2.75) is 58.4 Å². The first kappa shape index (κ1) is 16.7. The van der Waals surface area contributed by atoms with Crippen LogP contribution >= 0.6 is 23.2 Å². The molecule has 0 aromatic carbocycles.